The number of nitro groups is 1. The molecule has 0 amide bonds. The van der Waals surface area contributed by atoms with Crippen molar-refractivity contribution in [3.8, 4) is 11.5 Å². The van der Waals surface area contributed by atoms with Crippen molar-refractivity contribution in [2.45, 2.75) is 19.6 Å². The molecule has 0 radical (unpaired) electrons. The van der Waals surface area contributed by atoms with Crippen molar-refractivity contribution in [3.05, 3.63) is 64.2 Å². The predicted molar refractivity (Wildman–Crippen MR) is 104 cm³/mol. The van der Waals surface area contributed by atoms with Crippen LogP contribution in [0.25, 0.3) is 0 Å². The average Bonchev–Trinajstić information content (AvgIpc) is 2.68. The molecule has 0 aromatic heterocycles. The number of non-ortho nitro benzene ring substituents is 1. The standard InChI is InChI=1S/C19H24N4O4/c1-14(27-18-9-5-8-17(11-18)26-3)12-21-19(20-2)22-13-15-6-4-7-16(10-15)23(24)25/h4-11,14H,12-13H2,1-3H3,(H2,20,21,22). The quantitative estimate of drug-likeness (QED) is 0.320. The lowest BCUT2D eigenvalue weighted by Gasteiger charge is -2.18. The summed E-state index contributed by atoms with van der Waals surface area (Å²) >= 11 is 0. The fourth-order valence-electron chi connectivity index (χ4n) is 2.38. The van der Waals surface area contributed by atoms with Crippen molar-refractivity contribution in [3.63, 3.8) is 0 Å². The SMILES string of the molecule is CN=C(NCc1cccc([N+](=O)[O-])c1)NCC(C)Oc1cccc(OC)c1. The Hall–Kier alpha value is -3.29. The van der Waals surface area contributed by atoms with Gasteiger partial charge in [-0.25, -0.2) is 0 Å². The number of methoxy groups -OCH3 is 1. The Bertz CT molecular complexity index is 795. The molecule has 8 heteroatoms. The van der Waals surface area contributed by atoms with Gasteiger partial charge in [0.05, 0.1) is 18.6 Å². The summed E-state index contributed by atoms with van der Waals surface area (Å²) in [6.07, 6.45) is -0.103. The number of rotatable bonds is 8. The maximum absolute atomic E-state index is 10.8. The lowest BCUT2D eigenvalue weighted by molar-refractivity contribution is -0.384. The Labute approximate surface area is 158 Å². The normalized spacial score (nSPS) is 12.2. The van der Waals surface area contributed by atoms with Crippen LogP contribution in [0.4, 0.5) is 5.69 Å². The fourth-order valence-corrected chi connectivity index (χ4v) is 2.38. The number of hydrogen-bond donors (Lipinski definition) is 2. The number of benzene rings is 2. The van der Waals surface area contributed by atoms with Gasteiger partial charge in [-0.05, 0) is 24.6 Å². The summed E-state index contributed by atoms with van der Waals surface area (Å²) in [6, 6.07) is 13.9. The zero-order valence-electron chi connectivity index (χ0n) is 15.6. The van der Waals surface area contributed by atoms with E-state index in [-0.39, 0.29) is 11.8 Å². The maximum Gasteiger partial charge on any atom is 0.269 e. The Morgan fingerprint density at radius 3 is 2.63 bits per heavy atom. The van der Waals surface area contributed by atoms with Crippen LogP contribution >= 0.6 is 0 Å². The van der Waals surface area contributed by atoms with E-state index in [1.165, 1.54) is 12.1 Å². The molecule has 0 fully saturated rings. The fraction of sp³-hybridized carbons (Fsp3) is 0.316. The molecule has 1 unspecified atom stereocenters. The highest BCUT2D eigenvalue weighted by atomic mass is 16.6. The van der Waals surface area contributed by atoms with Crippen LogP contribution < -0.4 is 20.1 Å². The molecule has 2 aromatic rings. The third-order valence-electron chi connectivity index (χ3n) is 3.74. The Kier molecular flexibility index (Phi) is 7.42. The topological polar surface area (TPSA) is 98.0 Å². The van der Waals surface area contributed by atoms with E-state index >= 15 is 0 Å². The molecule has 2 aromatic carbocycles. The molecule has 0 aliphatic rings. The Morgan fingerprint density at radius 2 is 1.93 bits per heavy atom. The molecule has 0 bridgehead atoms. The van der Waals surface area contributed by atoms with Gasteiger partial charge in [0.25, 0.3) is 5.69 Å². The smallest absolute Gasteiger partial charge is 0.269 e. The summed E-state index contributed by atoms with van der Waals surface area (Å²) in [7, 11) is 3.28. The van der Waals surface area contributed by atoms with E-state index in [1.54, 1.807) is 20.2 Å². The first kappa shape index (κ1) is 20.0. The van der Waals surface area contributed by atoms with Gasteiger partial charge in [-0.3, -0.25) is 15.1 Å². The zero-order valence-corrected chi connectivity index (χ0v) is 15.6. The molecule has 2 rings (SSSR count). The summed E-state index contributed by atoms with van der Waals surface area (Å²) in [5.41, 5.74) is 0.866. The van der Waals surface area contributed by atoms with E-state index in [2.05, 4.69) is 15.6 Å². The molecular formula is C19H24N4O4. The summed E-state index contributed by atoms with van der Waals surface area (Å²) in [5.74, 6) is 2.05. The van der Waals surface area contributed by atoms with Crippen molar-refractivity contribution in [2.75, 3.05) is 20.7 Å². The number of hydrogen-bond acceptors (Lipinski definition) is 5. The number of nitrogens with zero attached hydrogens (tertiary/aromatic N) is 2. The van der Waals surface area contributed by atoms with E-state index in [1.807, 2.05) is 37.3 Å². The van der Waals surface area contributed by atoms with E-state index in [9.17, 15) is 10.1 Å². The van der Waals surface area contributed by atoms with Crippen LogP contribution in [-0.2, 0) is 6.54 Å². The van der Waals surface area contributed by atoms with Crippen LogP contribution in [0.15, 0.2) is 53.5 Å². The Balaban J connectivity index is 1.82. The lowest BCUT2D eigenvalue weighted by Crippen LogP contribution is -2.41. The first-order chi connectivity index (χ1) is 13.0. The van der Waals surface area contributed by atoms with Crippen LogP contribution in [0.3, 0.4) is 0 Å². The molecular weight excluding hydrogens is 348 g/mol. The maximum atomic E-state index is 10.8. The van der Waals surface area contributed by atoms with Crippen LogP contribution in [0, 0.1) is 10.1 Å². The van der Waals surface area contributed by atoms with E-state index in [0.717, 1.165) is 17.1 Å². The minimum atomic E-state index is -0.409. The van der Waals surface area contributed by atoms with Gasteiger partial charge in [-0.15, -0.1) is 0 Å². The first-order valence-electron chi connectivity index (χ1n) is 8.50. The van der Waals surface area contributed by atoms with Crippen molar-refractivity contribution in [1.82, 2.24) is 10.6 Å². The second kappa shape index (κ2) is 10.0. The molecule has 27 heavy (non-hydrogen) atoms. The van der Waals surface area contributed by atoms with Crippen molar-refractivity contribution >= 4 is 11.6 Å². The molecule has 2 N–H and O–H groups in total. The zero-order chi connectivity index (χ0) is 19.6. The third-order valence-corrected chi connectivity index (χ3v) is 3.74. The van der Waals surface area contributed by atoms with Gasteiger partial charge in [-0.1, -0.05) is 18.2 Å². The average molecular weight is 372 g/mol. The summed E-state index contributed by atoms with van der Waals surface area (Å²) < 4.78 is 11.0. The molecule has 0 saturated carbocycles. The minimum Gasteiger partial charge on any atom is -0.497 e. The van der Waals surface area contributed by atoms with Gasteiger partial charge in [0.2, 0.25) is 0 Å². The van der Waals surface area contributed by atoms with E-state index in [4.69, 9.17) is 9.47 Å². The second-order valence-electron chi connectivity index (χ2n) is 5.84. The highest BCUT2D eigenvalue weighted by Crippen LogP contribution is 2.19. The number of aliphatic imine (C=N–C) groups is 1. The summed E-state index contributed by atoms with van der Waals surface area (Å²) in [4.78, 5) is 14.6. The molecule has 0 aliphatic heterocycles. The van der Waals surface area contributed by atoms with Crippen molar-refractivity contribution < 1.29 is 14.4 Å². The molecule has 144 valence electrons. The highest BCUT2D eigenvalue weighted by Gasteiger charge is 2.08. The van der Waals surface area contributed by atoms with Crippen LogP contribution in [0.5, 0.6) is 11.5 Å². The highest BCUT2D eigenvalue weighted by molar-refractivity contribution is 5.79. The van der Waals surface area contributed by atoms with Gasteiger partial charge in [0.1, 0.15) is 17.6 Å². The third kappa shape index (κ3) is 6.50. The second-order valence-corrected chi connectivity index (χ2v) is 5.84. The number of guanidine groups is 1. The Morgan fingerprint density at radius 1 is 1.19 bits per heavy atom. The van der Waals surface area contributed by atoms with Gasteiger partial charge in [0.15, 0.2) is 5.96 Å². The van der Waals surface area contributed by atoms with Gasteiger partial charge >= 0.3 is 0 Å². The lowest BCUT2D eigenvalue weighted by atomic mass is 10.2. The predicted octanol–water partition coefficient (Wildman–Crippen LogP) is 2.74. The van der Waals surface area contributed by atoms with E-state index in [0.29, 0.717) is 19.0 Å². The minimum absolute atomic E-state index is 0.0672. The number of nitro benzene ring substituents is 1. The molecule has 0 saturated heterocycles. The molecule has 1 atom stereocenters. The largest absolute Gasteiger partial charge is 0.497 e. The van der Waals surface area contributed by atoms with Crippen LogP contribution in [0.2, 0.25) is 0 Å². The van der Waals surface area contributed by atoms with Crippen LogP contribution in [-0.4, -0.2) is 37.7 Å². The summed E-state index contributed by atoms with van der Waals surface area (Å²) in [5, 5.41) is 17.1. The first-order valence-corrected chi connectivity index (χ1v) is 8.50. The van der Waals surface area contributed by atoms with Crippen molar-refractivity contribution in [1.29, 1.82) is 0 Å². The van der Waals surface area contributed by atoms with Gasteiger partial charge < -0.3 is 20.1 Å². The van der Waals surface area contributed by atoms with Crippen LogP contribution in [0.1, 0.15) is 12.5 Å². The summed E-state index contributed by atoms with van der Waals surface area (Å²) in [6.45, 7) is 2.90. The number of nitrogens with one attached hydrogen (secondary N) is 2. The molecule has 0 aliphatic carbocycles. The molecule has 8 nitrogen and oxygen atoms in total. The van der Waals surface area contributed by atoms with Crippen molar-refractivity contribution in [2.24, 2.45) is 4.99 Å². The molecule has 0 heterocycles. The number of ether oxygens (including phenoxy) is 2. The molecule has 0 spiro atoms. The van der Waals surface area contributed by atoms with E-state index < -0.39 is 4.92 Å². The monoisotopic (exact) mass is 372 g/mol. The van der Waals surface area contributed by atoms with Gasteiger partial charge in [0, 0.05) is 31.8 Å². The van der Waals surface area contributed by atoms with Gasteiger partial charge in [-0.2, -0.15) is 0 Å².